The Kier molecular flexibility index (Phi) is 5.39. The van der Waals surface area contributed by atoms with Crippen LogP contribution < -0.4 is 5.32 Å². The highest BCUT2D eigenvalue weighted by molar-refractivity contribution is 6.00. The van der Waals surface area contributed by atoms with Crippen LogP contribution in [0.15, 0.2) is 71.5 Å². The number of anilines is 1. The lowest BCUT2D eigenvalue weighted by Gasteiger charge is -2.23. The molecule has 2 aromatic heterocycles. The summed E-state index contributed by atoms with van der Waals surface area (Å²) >= 11 is 0. The molecule has 1 atom stereocenters. The van der Waals surface area contributed by atoms with Crippen molar-refractivity contribution in [1.82, 2.24) is 9.88 Å². The van der Waals surface area contributed by atoms with E-state index in [2.05, 4.69) is 22.1 Å². The third-order valence-electron chi connectivity index (χ3n) is 4.68. The molecule has 0 spiro atoms. The van der Waals surface area contributed by atoms with Gasteiger partial charge in [-0.25, -0.2) is 4.98 Å². The molecule has 6 nitrogen and oxygen atoms in total. The molecule has 0 saturated carbocycles. The Labute approximate surface area is 168 Å². The van der Waals surface area contributed by atoms with Crippen LogP contribution in [0.5, 0.6) is 0 Å². The van der Waals surface area contributed by atoms with Crippen molar-refractivity contribution in [2.24, 2.45) is 0 Å². The predicted octanol–water partition coefficient (Wildman–Crippen LogP) is 3.32. The van der Waals surface area contributed by atoms with Crippen molar-refractivity contribution in [3.63, 3.8) is 0 Å². The minimum Gasteiger partial charge on any atom is -0.459 e. The lowest BCUT2D eigenvalue weighted by molar-refractivity contribution is -0.119. The van der Waals surface area contributed by atoms with E-state index in [0.717, 1.165) is 12.0 Å². The molecule has 144 valence electrons. The van der Waals surface area contributed by atoms with E-state index < -0.39 is 6.04 Å². The lowest BCUT2D eigenvalue weighted by atomic mass is 10.1. The van der Waals surface area contributed by atoms with E-state index in [1.807, 2.05) is 36.4 Å². The van der Waals surface area contributed by atoms with Gasteiger partial charge in [-0.1, -0.05) is 18.1 Å². The zero-order chi connectivity index (χ0) is 20.1. The molecule has 2 amide bonds. The maximum Gasteiger partial charge on any atom is 0.290 e. The summed E-state index contributed by atoms with van der Waals surface area (Å²) in [7, 11) is 0. The molecule has 0 aliphatic carbocycles. The Balaban J connectivity index is 1.46. The second kappa shape index (κ2) is 8.44. The zero-order valence-corrected chi connectivity index (χ0v) is 15.7. The Morgan fingerprint density at radius 2 is 2.03 bits per heavy atom. The maximum absolute atomic E-state index is 12.8. The Hall–Kier alpha value is -3.85. The van der Waals surface area contributed by atoms with Gasteiger partial charge in [0.05, 0.1) is 6.26 Å². The minimum absolute atomic E-state index is 0.211. The van der Waals surface area contributed by atoms with Crippen LogP contribution in [-0.2, 0) is 4.79 Å². The number of amides is 2. The van der Waals surface area contributed by atoms with Gasteiger partial charge in [0.1, 0.15) is 11.7 Å². The first-order chi connectivity index (χ1) is 14.2. The summed E-state index contributed by atoms with van der Waals surface area (Å²) in [5.41, 5.74) is 2.09. The van der Waals surface area contributed by atoms with E-state index >= 15 is 0 Å². The van der Waals surface area contributed by atoms with Crippen molar-refractivity contribution in [2.75, 3.05) is 11.9 Å². The van der Waals surface area contributed by atoms with Crippen molar-refractivity contribution in [3.8, 4) is 11.8 Å². The molecule has 3 aromatic rings. The van der Waals surface area contributed by atoms with E-state index in [0.29, 0.717) is 24.3 Å². The van der Waals surface area contributed by atoms with Gasteiger partial charge in [-0.15, -0.1) is 0 Å². The molecule has 1 N–H and O–H groups in total. The number of benzene rings is 1. The standard InChI is InChI=1S/C23H19N3O3/c27-22(20-9-4-14-26(20)23(28)21-10-5-15-29-21)25-19-8-3-6-17(16-19)11-12-18-7-1-2-13-24-18/h1-3,5-8,10,13,15-16,20H,4,9,14H2,(H,25,27). The molecule has 3 heterocycles. The number of pyridine rings is 1. The number of hydrogen-bond donors (Lipinski definition) is 1. The topological polar surface area (TPSA) is 75.4 Å². The van der Waals surface area contributed by atoms with E-state index in [-0.39, 0.29) is 17.6 Å². The maximum atomic E-state index is 12.8. The average molecular weight is 385 g/mol. The summed E-state index contributed by atoms with van der Waals surface area (Å²) in [4.78, 5) is 31.1. The number of carbonyl (C=O) groups is 2. The van der Waals surface area contributed by atoms with E-state index in [1.165, 1.54) is 6.26 Å². The fraction of sp³-hybridized carbons (Fsp3) is 0.174. The van der Waals surface area contributed by atoms with Crippen LogP contribution in [0.3, 0.4) is 0 Å². The second-order valence-corrected chi connectivity index (χ2v) is 6.67. The molecule has 1 aliphatic heterocycles. The molecule has 1 fully saturated rings. The summed E-state index contributed by atoms with van der Waals surface area (Å²) in [5.74, 6) is 5.82. The monoisotopic (exact) mass is 385 g/mol. The number of hydrogen-bond acceptors (Lipinski definition) is 4. The van der Waals surface area contributed by atoms with Gasteiger partial charge in [0.2, 0.25) is 5.91 Å². The average Bonchev–Trinajstić information content (AvgIpc) is 3.45. The highest BCUT2D eigenvalue weighted by Crippen LogP contribution is 2.22. The summed E-state index contributed by atoms with van der Waals surface area (Å²) in [5, 5.41) is 2.91. The predicted molar refractivity (Wildman–Crippen MR) is 108 cm³/mol. The molecule has 29 heavy (non-hydrogen) atoms. The molecular weight excluding hydrogens is 366 g/mol. The first-order valence-corrected chi connectivity index (χ1v) is 9.39. The van der Waals surface area contributed by atoms with Crippen LogP contribution in [0.25, 0.3) is 0 Å². The fourth-order valence-corrected chi connectivity index (χ4v) is 3.30. The van der Waals surface area contributed by atoms with Crippen LogP contribution in [0.2, 0.25) is 0 Å². The van der Waals surface area contributed by atoms with Crippen LogP contribution >= 0.6 is 0 Å². The number of rotatable bonds is 3. The van der Waals surface area contributed by atoms with Gasteiger partial charge >= 0.3 is 0 Å². The number of carbonyl (C=O) groups excluding carboxylic acids is 2. The first kappa shape index (κ1) is 18.5. The third kappa shape index (κ3) is 4.36. The molecule has 0 bridgehead atoms. The second-order valence-electron chi connectivity index (χ2n) is 6.67. The molecular formula is C23H19N3O3. The molecule has 1 saturated heterocycles. The van der Waals surface area contributed by atoms with Crippen molar-refractivity contribution in [3.05, 3.63) is 84.1 Å². The van der Waals surface area contributed by atoms with E-state index in [1.54, 1.807) is 29.3 Å². The smallest absolute Gasteiger partial charge is 0.290 e. The number of furan rings is 1. The third-order valence-corrected chi connectivity index (χ3v) is 4.68. The van der Waals surface area contributed by atoms with Crippen molar-refractivity contribution >= 4 is 17.5 Å². The highest BCUT2D eigenvalue weighted by atomic mass is 16.3. The van der Waals surface area contributed by atoms with Gasteiger partial charge in [-0.3, -0.25) is 9.59 Å². The molecule has 0 radical (unpaired) electrons. The summed E-state index contributed by atoms with van der Waals surface area (Å²) in [6, 6.07) is 15.6. The first-order valence-electron chi connectivity index (χ1n) is 9.39. The summed E-state index contributed by atoms with van der Waals surface area (Å²) in [6.45, 7) is 0.535. The van der Waals surface area contributed by atoms with Gasteiger partial charge in [0, 0.05) is 24.0 Å². The van der Waals surface area contributed by atoms with Crippen molar-refractivity contribution < 1.29 is 14.0 Å². The van der Waals surface area contributed by atoms with Crippen molar-refractivity contribution in [2.45, 2.75) is 18.9 Å². The van der Waals surface area contributed by atoms with Gasteiger partial charge in [0.25, 0.3) is 5.91 Å². The van der Waals surface area contributed by atoms with Crippen LogP contribution in [-0.4, -0.2) is 34.3 Å². The molecule has 1 aromatic carbocycles. The van der Waals surface area contributed by atoms with Gasteiger partial charge in [0.15, 0.2) is 5.76 Å². The quantitative estimate of drug-likeness (QED) is 0.702. The van der Waals surface area contributed by atoms with E-state index in [9.17, 15) is 9.59 Å². The molecule has 1 unspecified atom stereocenters. The van der Waals surface area contributed by atoms with Crippen LogP contribution in [0.4, 0.5) is 5.69 Å². The number of aromatic nitrogens is 1. The Morgan fingerprint density at radius 3 is 2.83 bits per heavy atom. The Bertz CT molecular complexity index is 1070. The largest absolute Gasteiger partial charge is 0.459 e. The van der Waals surface area contributed by atoms with E-state index in [4.69, 9.17) is 4.42 Å². The normalized spacial score (nSPS) is 15.4. The lowest BCUT2D eigenvalue weighted by Crippen LogP contribution is -2.43. The number of nitrogens with one attached hydrogen (secondary N) is 1. The highest BCUT2D eigenvalue weighted by Gasteiger charge is 2.35. The molecule has 4 rings (SSSR count). The number of likely N-dealkylation sites (tertiary alicyclic amines) is 1. The SMILES string of the molecule is O=C(Nc1cccc(C#Cc2ccccn2)c1)C1CCCN1C(=O)c1ccco1. The van der Waals surface area contributed by atoms with Gasteiger partial charge in [-0.05, 0) is 61.2 Å². The number of nitrogens with zero attached hydrogens (tertiary/aromatic N) is 2. The van der Waals surface area contributed by atoms with Crippen LogP contribution in [0.1, 0.15) is 34.7 Å². The fourth-order valence-electron chi connectivity index (χ4n) is 3.30. The van der Waals surface area contributed by atoms with Gasteiger partial charge in [-0.2, -0.15) is 0 Å². The summed E-state index contributed by atoms with van der Waals surface area (Å²) in [6.07, 6.45) is 4.55. The van der Waals surface area contributed by atoms with Crippen molar-refractivity contribution in [1.29, 1.82) is 0 Å². The molecule has 6 heteroatoms. The van der Waals surface area contributed by atoms with Crippen LogP contribution in [0, 0.1) is 11.8 Å². The summed E-state index contributed by atoms with van der Waals surface area (Å²) < 4.78 is 5.19. The Morgan fingerprint density at radius 1 is 1.10 bits per heavy atom. The zero-order valence-electron chi connectivity index (χ0n) is 15.7. The minimum atomic E-state index is -0.518. The van der Waals surface area contributed by atoms with Gasteiger partial charge < -0.3 is 14.6 Å². The molecule has 1 aliphatic rings.